The maximum Gasteiger partial charge on any atom is 0.251 e. The summed E-state index contributed by atoms with van der Waals surface area (Å²) in [7, 11) is -3.71. The predicted molar refractivity (Wildman–Crippen MR) is 128 cm³/mol. The van der Waals surface area contributed by atoms with Gasteiger partial charge in [0.2, 0.25) is 15.9 Å². The Morgan fingerprint density at radius 1 is 0.970 bits per heavy atom. The summed E-state index contributed by atoms with van der Waals surface area (Å²) in [6, 6.07) is 10.6. The van der Waals surface area contributed by atoms with Crippen LogP contribution in [0.1, 0.15) is 44.2 Å². The molecule has 1 aliphatic rings. The zero-order chi connectivity index (χ0) is 23.8. The molecule has 0 bridgehead atoms. The van der Waals surface area contributed by atoms with Gasteiger partial charge in [0.1, 0.15) is 6.54 Å². The van der Waals surface area contributed by atoms with E-state index in [-0.39, 0.29) is 17.3 Å². The summed E-state index contributed by atoms with van der Waals surface area (Å²) in [5.74, 6) is -0.355. The fourth-order valence-corrected chi connectivity index (χ4v) is 5.53. The van der Waals surface area contributed by atoms with Crippen LogP contribution in [0.15, 0.2) is 52.3 Å². The van der Waals surface area contributed by atoms with Crippen LogP contribution in [-0.4, -0.2) is 54.3 Å². The molecule has 0 unspecified atom stereocenters. The molecule has 1 fully saturated rings. The Labute approximate surface area is 196 Å². The smallest absolute Gasteiger partial charge is 0.251 e. The molecule has 8 nitrogen and oxygen atoms in total. The van der Waals surface area contributed by atoms with Gasteiger partial charge in [0.15, 0.2) is 0 Å². The number of hydrogen-bond acceptors (Lipinski definition) is 5. The molecule has 0 saturated carbocycles. The highest BCUT2D eigenvalue weighted by Crippen LogP contribution is 2.15. The number of carbonyl (C=O) groups is 1. The Balaban J connectivity index is 1.58. The van der Waals surface area contributed by atoms with E-state index < -0.39 is 15.6 Å². The number of piperidine rings is 1. The monoisotopic (exact) mass is 474 g/mol. The number of nitrogens with one attached hydrogen (secondary N) is 1. The van der Waals surface area contributed by atoms with Crippen molar-refractivity contribution in [3.8, 4) is 0 Å². The predicted octanol–water partition coefficient (Wildman–Crippen LogP) is 2.18. The Bertz CT molecular complexity index is 1090. The second-order valence-corrected chi connectivity index (χ2v) is 10.3. The lowest BCUT2D eigenvalue weighted by atomic mass is 10.1. The van der Waals surface area contributed by atoms with Gasteiger partial charge < -0.3 is 9.88 Å². The molecule has 3 rings (SSSR count). The van der Waals surface area contributed by atoms with Crippen molar-refractivity contribution in [3.63, 3.8) is 0 Å². The number of aromatic nitrogens is 1. The molecule has 0 aliphatic carbocycles. The summed E-state index contributed by atoms with van der Waals surface area (Å²) < 4.78 is 27.9. The molecule has 1 N–H and O–H groups in total. The molecular weight excluding hydrogens is 440 g/mol. The van der Waals surface area contributed by atoms with E-state index in [1.165, 1.54) is 47.5 Å². The summed E-state index contributed by atoms with van der Waals surface area (Å²) >= 11 is 0. The molecule has 1 aromatic heterocycles. The molecule has 1 amide bonds. The van der Waals surface area contributed by atoms with Crippen LogP contribution in [0.25, 0.3) is 0 Å². The van der Waals surface area contributed by atoms with Crippen LogP contribution < -0.4 is 10.9 Å². The molecule has 2 heterocycles. The molecular formula is C24H34N4O4S. The molecule has 180 valence electrons. The normalized spacial score (nSPS) is 15.0. The van der Waals surface area contributed by atoms with Gasteiger partial charge in [0.05, 0.1) is 4.90 Å². The first kappa shape index (κ1) is 25.1. The molecule has 0 radical (unpaired) electrons. The van der Waals surface area contributed by atoms with Crippen LogP contribution in [0.3, 0.4) is 0 Å². The SMILES string of the molecule is CCN(CC)S(=O)(=O)c1ccc(=O)n(CC(=O)NCc2ccc(CN3CCCCC3)cc2)c1. The van der Waals surface area contributed by atoms with Gasteiger partial charge in [-0.15, -0.1) is 0 Å². The van der Waals surface area contributed by atoms with Gasteiger partial charge in [-0.3, -0.25) is 14.5 Å². The topological polar surface area (TPSA) is 91.7 Å². The largest absolute Gasteiger partial charge is 0.350 e. The first-order chi connectivity index (χ1) is 15.8. The molecule has 1 aromatic carbocycles. The summed E-state index contributed by atoms with van der Waals surface area (Å²) in [6.07, 6.45) is 5.08. The summed E-state index contributed by atoms with van der Waals surface area (Å²) in [4.78, 5) is 27.1. The average Bonchev–Trinajstić information content (AvgIpc) is 2.81. The summed E-state index contributed by atoms with van der Waals surface area (Å²) in [5, 5.41) is 2.81. The standard InChI is InChI=1S/C24H34N4O4S/c1-3-28(4-2)33(31,32)22-12-13-24(30)27(18-22)19-23(29)25-16-20-8-10-21(11-9-20)17-26-14-6-5-7-15-26/h8-13,18H,3-7,14-17,19H2,1-2H3,(H,25,29). The van der Waals surface area contributed by atoms with Gasteiger partial charge in [0.25, 0.3) is 5.56 Å². The lowest BCUT2D eigenvalue weighted by Gasteiger charge is -2.26. The van der Waals surface area contributed by atoms with Crippen molar-refractivity contribution in [2.75, 3.05) is 26.2 Å². The van der Waals surface area contributed by atoms with Crippen molar-refractivity contribution < 1.29 is 13.2 Å². The average molecular weight is 475 g/mol. The van der Waals surface area contributed by atoms with E-state index in [1.807, 2.05) is 12.1 Å². The molecule has 0 atom stereocenters. The van der Waals surface area contributed by atoms with Gasteiger partial charge in [-0.1, -0.05) is 44.5 Å². The highest BCUT2D eigenvalue weighted by Gasteiger charge is 2.22. The molecule has 1 saturated heterocycles. The first-order valence-corrected chi connectivity index (χ1v) is 13.0. The number of nitrogens with zero attached hydrogens (tertiary/aromatic N) is 3. The number of sulfonamides is 1. The van der Waals surface area contributed by atoms with E-state index in [0.29, 0.717) is 19.6 Å². The van der Waals surface area contributed by atoms with Gasteiger partial charge in [0, 0.05) is 38.4 Å². The maximum atomic E-state index is 12.7. The zero-order valence-corrected chi connectivity index (χ0v) is 20.3. The number of rotatable bonds is 10. The van der Waals surface area contributed by atoms with Gasteiger partial charge in [-0.2, -0.15) is 4.31 Å². The van der Waals surface area contributed by atoms with Crippen LogP contribution in [0.5, 0.6) is 0 Å². The van der Waals surface area contributed by atoms with Crippen molar-refractivity contribution >= 4 is 15.9 Å². The lowest BCUT2D eigenvalue weighted by Crippen LogP contribution is -2.34. The van der Waals surface area contributed by atoms with Crippen molar-refractivity contribution in [1.29, 1.82) is 0 Å². The fourth-order valence-electron chi connectivity index (χ4n) is 4.05. The van der Waals surface area contributed by atoms with Crippen LogP contribution in [0.2, 0.25) is 0 Å². The number of pyridine rings is 1. The number of carbonyl (C=O) groups excluding carboxylic acids is 1. The van der Waals surface area contributed by atoms with Crippen molar-refractivity contribution in [1.82, 2.24) is 19.1 Å². The van der Waals surface area contributed by atoms with E-state index >= 15 is 0 Å². The van der Waals surface area contributed by atoms with E-state index in [4.69, 9.17) is 0 Å². The maximum absolute atomic E-state index is 12.7. The van der Waals surface area contributed by atoms with Crippen LogP contribution in [0.4, 0.5) is 0 Å². The Morgan fingerprint density at radius 3 is 2.24 bits per heavy atom. The molecule has 0 spiro atoms. The fraction of sp³-hybridized carbons (Fsp3) is 0.500. The Hall–Kier alpha value is -2.49. The molecule has 9 heteroatoms. The van der Waals surface area contributed by atoms with Crippen molar-refractivity contribution in [2.45, 2.75) is 57.6 Å². The Kier molecular flexibility index (Phi) is 8.82. The minimum absolute atomic E-state index is 0.00268. The van der Waals surface area contributed by atoms with Gasteiger partial charge in [-0.05, 0) is 43.1 Å². The highest BCUT2D eigenvalue weighted by molar-refractivity contribution is 7.89. The van der Waals surface area contributed by atoms with Crippen molar-refractivity contribution in [2.24, 2.45) is 0 Å². The second-order valence-electron chi connectivity index (χ2n) is 8.35. The summed E-state index contributed by atoms with van der Waals surface area (Å²) in [6.45, 7) is 7.51. The minimum Gasteiger partial charge on any atom is -0.350 e. The van der Waals surface area contributed by atoms with Crippen LogP contribution >= 0.6 is 0 Å². The van der Waals surface area contributed by atoms with E-state index in [1.54, 1.807) is 13.8 Å². The van der Waals surface area contributed by atoms with Crippen LogP contribution in [0, 0.1) is 0 Å². The van der Waals surface area contributed by atoms with Crippen molar-refractivity contribution in [3.05, 3.63) is 64.1 Å². The second kappa shape index (κ2) is 11.6. The van der Waals surface area contributed by atoms with E-state index in [9.17, 15) is 18.0 Å². The Morgan fingerprint density at radius 2 is 1.61 bits per heavy atom. The lowest BCUT2D eigenvalue weighted by molar-refractivity contribution is -0.121. The molecule has 1 aliphatic heterocycles. The minimum atomic E-state index is -3.71. The number of benzene rings is 1. The first-order valence-electron chi connectivity index (χ1n) is 11.6. The highest BCUT2D eigenvalue weighted by atomic mass is 32.2. The van der Waals surface area contributed by atoms with E-state index in [0.717, 1.165) is 29.8 Å². The third kappa shape index (κ3) is 6.75. The molecule has 2 aromatic rings. The quantitative estimate of drug-likeness (QED) is 0.570. The zero-order valence-electron chi connectivity index (χ0n) is 19.5. The number of amides is 1. The summed E-state index contributed by atoms with van der Waals surface area (Å²) in [5.41, 5.74) is 1.80. The van der Waals surface area contributed by atoms with Gasteiger partial charge >= 0.3 is 0 Å². The number of likely N-dealkylation sites (tertiary alicyclic amines) is 1. The third-order valence-corrected chi connectivity index (χ3v) is 8.01. The number of hydrogen-bond donors (Lipinski definition) is 1. The van der Waals surface area contributed by atoms with E-state index in [2.05, 4.69) is 22.3 Å². The third-order valence-electron chi connectivity index (χ3n) is 5.98. The van der Waals surface area contributed by atoms with Crippen LogP contribution in [-0.2, 0) is 34.5 Å². The van der Waals surface area contributed by atoms with Gasteiger partial charge in [-0.25, -0.2) is 8.42 Å². The molecule has 33 heavy (non-hydrogen) atoms.